The molecule has 2 aliphatic heterocycles. The van der Waals surface area contributed by atoms with Crippen LogP contribution >= 0.6 is 0 Å². The number of cyclic esters (lactones) is 1. The number of aromatic nitrogens is 4. The van der Waals surface area contributed by atoms with Crippen LogP contribution in [-0.4, -0.2) is 51.0 Å². The zero-order chi connectivity index (χ0) is 20.5. The normalized spacial score (nSPS) is 18.3. The Morgan fingerprint density at radius 2 is 2.17 bits per heavy atom. The minimum Gasteiger partial charge on any atom is -0.442 e. The first-order valence-corrected chi connectivity index (χ1v) is 9.45. The van der Waals surface area contributed by atoms with Crippen molar-refractivity contribution in [2.24, 2.45) is 5.16 Å². The smallest absolute Gasteiger partial charge is 0.414 e. The molecule has 1 atom stereocenters. The van der Waals surface area contributed by atoms with Crippen LogP contribution < -0.4 is 4.90 Å². The third kappa shape index (κ3) is 3.47. The van der Waals surface area contributed by atoms with Crippen molar-refractivity contribution < 1.29 is 18.8 Å². The molecule has 0 saturated carbocycles. The lowest BCUT2D eigenvalue weighted by molar-refractivity contribution is 0.129. The largest absolute Gasteiger partial charge is 0.442 e. The van der Waals surface area contributed by atoms with Gasteiger partial charge in [-0.05, 0) is 24.3 Å². The van der Waals surface area contributed by atoms with E-state index >= 15 is 0 Å². The first-order valence-electron chi connectivity index (χ1n) is 9.45. The Labute approximate surface area is 170 Å². The molecule has 1 fully saturated rings. The van der Waals surface area contributed by atoms with E-state index in [4.69, 9.17) is 9.57 Å². The number of halogens is 1. The number of rotatable bonds is 5. The van der Waals surface area contributed by atoms with Crippen LogP contribution in [0.25, 0.3) is 11.1 Å². The summed E-state index contributed by atoms with van der Waals surface area (Å²) in [5.41, 5.74) is 2.96. The highest BCUT2D eigenvalue weighted by molar-refractivity contribution is 5.99. The van der Waals surface area contributed by atoms with E-state index < -0.39 is 11.9 Å². The third-order valence-electron chi connectivity index (χ3n) is 4.98. The number of nitrogens with zero attached hydrogens (tertiary/aromatic N) is 6. The van der Waals surface area contributed by atoms with Crippen LogP contribution in [0.5, 0.6) is 0 Å². The lowest BCUT2D eigenvalue weighted by atomic mass is 10.0. The fourth-order valence-corrected chi connectivity index (χ4v) is 3.48. The van der Waals surface area contributed by atoms with Crippen LogP contribution in [0.1, 0.15) is 12.1 Å². The van der Waals surface area contributed by atoms with Gasteiger partial charge in [0, 0.05) is 29.9 Å². The molecule has 30 heavy (non-hydrogen) atoms. The van der Waals surface area contributed by atoms with E-state index in [-0.39, 0.29) is 6.10 Å². The zero-order valence-electron chi connectivity index (χ0n) is 15.8. The van der Waals surface area contributed by atoms with Gasteiger partial charge in [-0.2, -0.15) is 0 Å². The van der Waals surface area contributed by atoms with Gasteiger partial charge in [0.2, 0.25) is 0 Å². The fraction of sp³-hybridized carbons (Fsp3) is 0.250. The van der Waals surface area contributed by atoms with Crippen LogP contribution in [0.15, 0.2) is 54.1 Å². The van der Waals surface area contributed by atoms with Crippen LogP contribution in [0.3, 0.4) is 0 Å². The molecule has 0 spiro atoms. The van der Waals surface area contributed by atoms with Gasteiger partial charge < -0.3 is 9.57 Å². The quantitative estimate of drug-likeness (QED) is 0.644. The Bertz CT molecular complexity index is 1100. The van der Waals surface area contributed by atoms with Gasteiger partial charge in [0.1, 0.15) is 24.2 Å². The fourth-order valence-electron chi connectivity index (χ4n) is 3.48. The average Bonchev–Trinajstić information content (AvgIpc) is 3.51. The summed E-state index contributed by atoms with van der Waals surface area (Å²) in [7, 11) is 0. The molecule has 0 aliphatic carbocycles. The van der Waals surface area contributed by atoms with E-state index in [1.54, 1.807) is 47.5 Å². The Balaban J connectivity index is 1.32. The number of carbonyl (C=O) groups excluding carboxylic acids is 1. The molecule has 2 aromatic heterocycles. The number of pyridine rings is 1. The molecule has 0 unspecified atom stereocenters. The van der Waals surface area contributed by atoms with Gasteiger partial charge >= 0.3 is 6.09 Å². The third-order valence-corrected chi connectivity index (χ3v) is 4.98. The molecule has 0 bridgehead atoms. The van der Waals surface area contributed by atoms with Gasteiger partial charge in [-0.3, -0.25) is 9.88 Å². The lowest BCUT2D eigenvalue weighted by Crippen LogP contribution is -2.26. The summed E-state index contributed by atoms with van der Waals surface area (Å²) in [6.07, 6.45) is 4.65. The van der Waals surface area contributed by atoms with Crippen molar-refractivity contribution in [3.63, 3.8) is 0 Å². The van der Waals surface area contributed by atoms with Gasteiger partial charge in [0.05, 0.1) is 30.7 Å². The van der Waals surface area contributed by atoms with Gasteiger partial charge in [0.25, 0.3) is 0 Å². The molecule has 1 aromatic carbocycles. The van der Waals surface area contributed by atoms with Crippen molar-refractivity contribution in [1.82, 2.24) is 20.0 Å². The minimum absolute atomic E-state index is 0.303. The van der Waals surface area contributed by atoms with Crippen molar-refractivity contribution in [2.45, 2.75) is 19.1 Å². The summed E-state index contributed by atoms with van der Waals surface area (Å²) < 4.78 is 21.8. The van der Waals surface area contributed by atoms with Crippen LogP contribution in [0, 0.1) is 5.82 Å². The molecule has 0 N–H and O–H groups in total. The van der Waals surface area contributed by atoms with E-state index in [0.29, 0.717) is 48.6 Å². The summed E-state index contributed by atoms with van der Waals surface area (Å²) in [5.74, 6) is -0.448. The van der Waals surface area contributed by atoms with Crippen molar-refractivity contribution in [3.8, 4) is 11.1 Å². The molecule has 10 heteroatoms. The Morgan fingerprint density at radius 1 is 1.23 bits per heavy atom. The van der Waals surface area contributed by atoms with Gasteiger partial charge in [0.15, 0.2) is 0 Å². The van der Waals surface area contributed by atoms with E-state index in [0.717, 1.165) is 5.71 Å². The van der Waals surface area contributed by atoms with E-state index in [2.05, 4.69) is 20.5 Å². The average molecular weight is 408 g/mol. The van der Waals surface area contributed by atoms with Crippen molar-refractivity contribution in [2.75, 3.05) is 18.1 Å². The van der Waals surface area contributed by atoms with E-state index in [9.17, 15) is 9.18 Å². The summed E-state index contributed by atoms with van der Waals surface area (Å²) in [6, 6.07) is 8.25. The number of hydrogen-bond donors (Lipinski definition) is 0. The first-order chi connectivity index (χ1) is 14.7. The van der Waals surface area contributed by atoms with Crippen molar-refractivity contribution >= 4 is 17.5 Å². The molecule has 1 amide bonds. The molecular formula is C20H17FN6O3. The first kappa shape index (κ1) is 18.2. The predicted molar refractivity (Wildman–Crippen MR) is 104 cm³/mol. The second-order valence-electron chi connectivity index (χ2n) is 6.96. The second-order valence-corrected chi connectivity index (χ2v) is 6.96. The zero-order valence-corrected chi connectivity index (χ0v) is 15.8. The van der Waals surface area contributed by atoms with Crippen LogP contribution in [0.4, 0.5) is 14.9 Å². The Kier molecular flexibility index (Phi) is 4.58. The minimum atomic E-state index is -0.516. The summed E-state index contributed by atoms with van der Waals surface area (Å²) >= 11 is 0. The molecule has 5 rings (SSSR count). The Morgan fingerprint density at radius 3 is 2.87 bits per heavy atom. The summed E-state index contributed by atoms with van der Waals surface area (Å²) in [4.78, 5) is 23.0. The molecule has 9 nitrogen and oxygen atoms in total. The number of anilines is 1. The van der Waals surface area contributed by atoms with Crippen molar-refractivity contribution in [3.05, 3.63) is 60.4 Å². The molecule has 152 valence electrons. The number of ether oxygens (including phenoxy) is 1. The predicted octanol–water partition coefficient (Wildman–Crippen LogP) is 2.63. The SMILES string of the molecule is O=C1O[C@@H](Cn2ccnn2)CN1c1ccc(-c2ccc(C3=NOCC3)nc2)c(F)c1. The lowest BCUT2D eigenvalue weighted by Gasteiger charge is -2.14. The number of hydrogen-bond acceptors (Lipinski definition) is 7. The highest BCUT2D eigenvalue weighted by Crippen LogP contribution is 2.29. The molecule has 2 aliphatic rings. The molecule has 4 heterocycles. The summed E-state index contributed by atoms with van der Waals surface area (Å²) in [6.45, 7) is 1.24. The summed E-state index contributed by atoms with van der Waals surface area (Å²) in [5, 5.41) is 11.5. The standard InChI is InChI=1S/C20H17FN6O3/c21-17-9-14(27-12-15(30-20(27)28)11-26-7-6-23-25-26)2-3-16(17)13-1-4-18(22-10-13)19-5-8-29-24-19/h1-4,6-7,9-10,15H,5,8,11-12H2/t15-/m0/s1. The maximum atomic E-state index is 14.8. The maximum Gasteiger partial charge on any atom is 0.414 e. The maximum absolute atomic E-state index is 14.8. The number of oxime groups is 1. The number of benzene rings is 1. The number of amides is 1. The molecular weight excluding hydrogens is 391 g/mol. The number of carbonyl (C=O) groups is 1. The Hall–Kier alpha value is -3.82. The second kappa shape index (κ2) is 7.54. The highest BCUT2D eigenvalue weighted by Gasteiger charge is 2.33. The van der Waals surface area contributed by atoms with E-state index in [1.165, 1.54) is 11.0 Å². The molecule has 3 aromatic rings. The van der Waals surface area contributed by atoms with Gasteiger partial charge in [-0.1, -0.05) is 16.4 Å². The highest BCUT2D eigenvalue weighted by atomic mass is 19.1. The monoisotopic (exact) mass is 408 g/mol. The van der Waals surface area contributed by atoms with Gasteiger partial charge in [-0.25, -0.2) is 13.9 Å². The molecule has 0 radical (unpaired) electrons. The van der Waals surface area contributed by atoms with Crippen LogP contribution in [-0.2, 0) is 16.1 Å². The topological polar surface area (TPSA) is 94.7 Å². The van der Waals surface area contributed by atoms with Crippen molar-refractivity contribution in [1.29, 1.82) is 0 Å². The van der Waals surface area contributed by atoms with Gasteiger partial charge in [-0.15, -0.1) is 5.10 Å². The molecule has 1 saturated heterocycles. The van der Waals surface area contributed by atoms with E-state index in [1.807, 2.05) is 0 Å². The van der Waals surface area contributed by atoms with Crippen LogP contribution in [0.2, 0.25) is 0 Å².